The molecular weight excluding hydrogens is 250 g/mol. The third kappa shape index (κ3) is 3.45. The fraction of sp³-hybridized carbons (Fsp3) is 0.500. The average molecular weight is 273 g/mol. The van der Waals surface area contributed by atoms with E-state index in [9.17, 15) is 5.11 Å². The molecule has 0 saturated carbocycles. The first-order valence-electron chi connectivity index (χ1n) is 6.99. The Bertz CT molecular complexity index is 516. The molecule has 0 radical (unpaired) electrons. The van der Waals surface area contributed by atoms with Crippen molar-refractivity contribution in [1.82, 2.24) is 14.8 Å². The van der Waals surface area contributed by atoms with E-state index in [-0.39, 0.29) is 5.41 Å². The summed E-state index contributed by atoms with van der Waals surface area (Å²) in [6.07, 6.45) is 4.70. The van der Waals surface area contributed by atoms with Gasteiger partial charge < -0.3 is 5.11 Å². The van der Waals surface area contributed by atoms with Gasteiger partial charge in [-0.2, -0.15) is 5.10 Å². The van der Waals surface area contributed by atoms with Crippen molar-refractivity contribution in [3.05, 3.63) is 48.5 Å². The summed E-state index contributed by atoms with van der Waals surface area (Å²) in [7, 11) is 0. The van der Waals surface area contributed by atoms with Gasteiger partial charge in [0.15, 0.2) is 0 Å². The summed E-state index contributed by atoms with van der Waals surface area (Å²) >= 11 is 0. The van der Waals surface area contributed by atoms with E-state index in [4.69, 9.17) is 0 Å². The number of aryl methyl sites for hydroxylation is 1. The van der Waals surface area contributed by atoms with Crippen LogP contribution in [0.25, 0.3) is 0 Å². The van der Waals surface area contributed by atoms with Crippen LogP contribution in [-0.2, 0) is 13.0 Å². The summed E-state index contributed by atoms with van der Waals surface area (Å²) in [5, 5.41) is 15.2. The van der Waals surface area contributed by atoms with E-state index in [1.54, 1.807) is 11.0 Å². The van der Waals surface area contributed by atoms with E-state index in [1.807, 2.05) is 18.2 Å². The molecule has 0 amide bonds. The highest BCUT2D eigenvalue weighted by molar-refractivity contribution is 5.15. The number of hydrogen-bond donors (Lipinski definition) is 1. The number of nitrogens with zero attached hydrogens (tertiary/aromatic N) is 3. The predicted octanol–water partition coefficient (Wildman–Crippen LogP) is 2.69. The maximum atomic E-state index is 11.1. The quantitative estimate of drug-likeness (QED) is 0.911. The molecule has 0 spiro atoms. The lowest BCUT2D eigenvalue weighted by Gasteiger charge is -2.40. The van der Waals surface area contributed by atoms with E-state index < -0.39 is 5.60 Å². The summed E-state index contributed by atoms with van der Waals surface area (Å²) in [4.78, 5) is 3.95. The second-order valence-electron chi connectivity index (χ2n) is 6.36. The third-order valence-corrected chi connectivity index (χ3v) is 3.96. The first-order valence-corrected chi connectivity index (χ1v) is 6.99. The normalized spacial score (nSPS) is 15.0. The number of rotatable bonds is 5. The smallest absolute Gasteiger partial charge is 0.137 e. The maximum Gasteiger partial charge on any atom is 0.137 e. The van der Waals surface area contributed by atoms with Gasteiger partial charge in [-0.1, -0.05) is 51.1 Å². The largest absolute Gasteiger partial charge is 0.387 e. The number of aliphatic hydroxyl groups is 1. The molecule has 0 aliphatic carbocycles. The second kappa shape index (κ2) is 5.75. The van der Waals surface area contributed by atoms with Crippen molar-refractivity contribution in [2.24, 2.45) is 5.41 Å². The molecule has 1 aromatic heterocycles. The molecule has 0 aliphatic heterocycles. The van der Waals surface area contributed by atoms with Crippen molar-refractivity contribution in [2.75, 3.05) is 0 Å². The lowest BCUT2D eigenvalue weighted by atomic mass is 9.73. The van der Waals surface area contributed by atoms with Gasteiger partial charge in [-0.25, -0.2) is 4.98 Å². The number of hydrogen-bond acceptors (Lipinski definition) is 3. The molecule has 1 atom stereocenters. The van der Waals surface area contributed by atoms with Gasteiger partial charge in [-0.3, -0.25) is 4.68 Å². The van der Waals surface area contributed by atoms with Gasteiger partial charge in [0.2, 0.25) is 0 Å². The third-order valence-electron chi connectivity index (χ3n) is 3.96. The van der Waals surface area contributed by atoms with Gasteiger partial charge in [0.25, 0.3) is 0 Å². The zero-order chi connectivity index (χ0) is 14.6. The fourth-order valence-electron chi connectivity index (χ4n) is 2.27. The van der Waals surface area contributed by atoms with Gasteiger partial charge in [0.05, 0.1) is 12.1 Å². The average Bonchev–Trinajstić information content (AvgIpc) is 2.89. The lowest BCUT2D eigenvalue weighted by Crippen LogP contribution is -2.47. The Morgan fingerprint density at radius 3 is 2.40 bits per heavy atom. The van der Waals surface area contributed by atoms with Crippen molar-refractivity contribution in [2.45, 2.75) is 45.8 Å². The van der Waals surface area contributed by atoms with Crippen LogP contribution in [0.15, 0.2) is 43.0 Å². The first kappa shape index (κ1) is 14.7. The molecule has 1 heterocycles. The van der Waals surface area contributed by atoms with E-state index in [2.05, 4.69) is 43.0 Å². The standard InChI is InChI=1S/C16H23N3O/c1-15(2,3)16(20,11-19-13-17-12-18-19)10-9-14-7-5-4-6-8-14/h4-8,12-13,20H,9-11H2,1-3H3. The first-order chi connectivity index (χ1) is 9.41. The summed E-state index contributed by atoms with van der Waals surface area (Å²) in [6.45, 7) is 6.65. The minimum Gasteiger partial charge on any atom is -0.387 e. The zero-order valence-corrected chi connectivity index (χ0v) is 12.5. The molecule has 108 valence electrons. The maximum absolute atomic E-state index is 11.1. The van der Waals surface area contributed by atoms with Gasteiger partial charge in [0.1, 0.15) is 12.7 Å². The van der Waals surface area contributed by atoms with Crippen LogP contribution in [0.4, 0.5) is 0 Å². The Morgan fingerprint density at radius 2 is 1.85 bits per heavy atom. The van der Waals surface area contributed by atoms with Crippen LogP contribution in [-0.4, -0.2) is 25.5 Å². The van der Waals surface area contributed by atoms with E-state index in [1.165, 1.54) is 11.9 Å². The SMILES string of the molecule is CC(C)(C)C(O)(CCc1ccccc1)Cn1cncn1. The molecule has 0 saturated heterocycles. The van der Waals surface area contributed by atoms with Crippen molar-refractivity contribution < 1.29 is 5.11 Å². The monoisotopic (exact) mass is 273 g/mol. The van der Waals surface area contributed by atoms with Crippen molar-refractivity contribution in [1.29, 1.82) is 0 Å². The number of benzene rings is 1. The molecule has 0 bridgehead atoms. The molecule has 20 heavy (non-hydrogen) atoms. The van der Waals surface area contributed by atoms with Crippen LogP contribution in [0.2, 0.25) is 0 Å². The van der Waals surface area contributed by atoms with E-state index >= 15 is 0 Å². The molecule has 2 rings (SSSR count). The van der Waals surface area contributed by atoms with Gasteiger partial charge in [0, 0.05) is 0 Å². The summed E-state index contributed by atoms with van der Waals surface area (Å²) < 4.78 is 1.70. The molecule has 4 heteroatoms. The minimum atomic E-state index is -0.823. The molecule has 4 nitrogen and oxygen atoms in total. The molecule has 1 unspecified atom stereocenters. The Balaban J connectivity index is 2.11. The highest BCUT2D eigenvalue weighted by Crippen LogP contribution is 2.35. The minimum absolute atomic E-state index is 0.228. The van der Waals surface area contributed by atoms with Crippen LogP contribution < -0.4 is 0 Å². The molecular formula is C16H23N3O. The van der Waals surface area contributed by atoms with Crippen LogP contribution in [0.1, 0.15) is 32.8 Å². The highest BCUT2D eigenvalue weighted by atomic mass is 16.3. The van der Waals surface area contributed by atoms with Crippen molar-refractivity contribution >= 4 is 0 Å². The molecule has 0 fully saturated rings. The second-order valence-corrected chi connectivity index (χ2v) is 6.36. The topological polar surface area (TPSA) is 50.9 Å². The van der Waals surface area contributed by atoms with Gasteiger partial charge in [-0.15, -0.1) is 0 Å². The number of aromatic nitrogens is 3. The summed E-state index contributed by atoms with van der Waals surface area (Å²) in [5.74, 6) is 0. The molecule has 1 aromatic carbocycles. The van der Waals surface area contributed by atoms with Gasteiger partial charge in [-0.05, 0) is 23.8 Å². The van der Waals surface area contributed by atoms with Crippen LogP contribution in [0.3, 0.4) is 0 Å². The van der Waals surface area contributed by atoms with E-state index in [0.717, 1.165) is 6.42 Å². The van der Waals surface area contributed by atoms with E-state index in [0.29, 0.717) is 13.0 Å². The van der Waals surface area contributed by atoms with Crippen LogP contribution >= 0.6 is 0 Å². The Kier molecular flexibility index (Phi) is 4.23. The molecule has 1 N–H and O–H groups in total. The van der Waals surface area contributed by atoms with Gasteiger partial charge >= 0.3 is 0 Å². The zero-order valence-electron chi connectivity index (χ0n) is 12.5. The molecule has 0 aliphatic rings. The summed E-state index contributed by atoms with van der Waals surface area (Å²) in [6, 6.07) is 10.3. The van der Waals surface area contributed by atoms with Crippen LogP contribution in [0.5, 0.6) is 0 Å². The lowest BCUT2D eigenvalue weighted by molar-refractivity contribution is -0.0796. The van der Waals surface area contributed by atoms with Crippen molar-refractivity contribution in [3.63, 3.8) is 0 Å². The fourth-order valence-corrected chi connectivity index (χ4v) is 2.27. The van der Waals surface area contributed by atoms with Crippen LogP contribution in [0, 0.1) is 5.41 Å². The van der Waals surface area contributed by atoms with Crippen molar-refractivity contribution in [3.8, 4) is 0 Å². The molecule has 2 aromatic rings. The Labute approximate surface area is 120 Å². The Morgan fingerprint density at radius 1 is 1.15 bits per heavy atom. The predicted molar refractivity (Wildman–Crippen MR) is 79.2 cm³/mol. The summed E-state index contributed by atoms with van der Waals surface area (Å²) in [5.41, 5.74) is 0.193. The Hall–Kier alpha value is -1.68. The highest BCUT2D eigenvalue weighted by Gasteiger charge is 2.40.